The van der Waals surface area contributed by atoms with Crippen LogP contribution in [0.4, 0.5) is 0 Å². The second-order valence-corrected chi connectivity index (χ2v) is 6.37. The van der Waals surface area contributed by atoms with Gasteiger partial charge in [-0.15, -0.1) is 0 Å². The normalized spacial score (nSPS) is 12.8. The molecule has 0 bridgehead atoms. The van der Waals surface area contributed by atoms with E-state index in [-0.39, 0.29) is 12.4 Å². The molecule has 1 aromatic rings. The van der Waals surface area contributed by atoms with Gasteiger partial charge in [0, 0.05) is 0 Å². The van der Waals surface area contributed by atoms with Gasteiger partial charge < -0.3 is 9.47 Å². The highest BCUT2D eigenvalue weighted by molar-refractivity contribution is 7.92. The monoisotopic (exact) mass is 286 g/mol. The summed E-state index contributed by atoms with van der Waals surface area (Å²) in [6, 6.07) is 6.68. The first-order chi connectivity index (χ1) is 8.90. The van der Waals surface area contributed by atoms with Crippen LogP contribution in [-0.4, -0.2) is 33.4 Å². The minimum absolute atomic E-state index is 0.168. The predicted octanol–water partition coefficient (Wildman–Crippen LogP) is 1.56. The highest BCUT2D eigenvalue weighted by Crippen LogP contribution is 2.16. The molecule has 0 aliphatic heterocycles. The van der Waals surface area contributed by atoms with E-state index in [9.17, 15) is 13.2 Å². The van der Waals surface area contributed by atoms with E-state index in [4.69, 9.17) is 9.47 Å². The topological polar surface area (TPSA) is 69.7 Å². The summed E-state index contributed by atoms with van der Waals surface area (Å²) in [4.78, 5) is 11.5. The van der Waals surface area contributed by atoms with Crippen LogP contribution in [-0.2, 0) is 25.1 Å². The Balaban J connectivity index is 2.80. The van der Waals surface area contributed by atoms with Gasteiger partial charge in [-0.05, 0) is 31.5 Å². The lowest BCUT2D eigenvalue weighted by atomic mass is 10.2. The zero-order valence-electron chi connectivity index (χ0n) is 11.3. The highest BCUT2D eigenvalue weighted by atomic mass is 32.2. The summed E-state index contributed by atoms with van der Waals surface area (Å²) in [6.07, 6.45) is 0. The van der Waals surface area contributed by atoms with Gasteiger partial charge in [0.15, 0.2) is 15.1 Å². The van der Waals surface area contributed by atoms with E-state index in [1.807, 2.05) is 0 Å². The van der Waals surface area contributed by atoms with Crippen LogP contribution in [0.3, 0.4) is 0 Å². The van der Waals surface area contributed by atoms with Crippen LogP contribution in [0.15, 0.2) is 24.3 Å². The quantitative estimate of drug-likeness (QED) is 0.742. The van der Waals surface area contributed by atoms with Crippen LogP contribution in [0.2, 0.25) is 0 Å². The molecule has 0 aliphatic carbocycles. The Kier molecular flexibility index (Phi) is 5.35. The van der Waals surface area contributed by atoms with E-state index in [0.717, 1.165) is 0 Å². The number of hydrogen-bond donors (Lipinski definition) is 0. The van der Waals surface area contributed by atoms with Gasteiger partial charge in [0.2, 0.25) is 0 Å². The van der Waals surface area contributed by atoms with Crippen molar-refractivity contribution in [3.63, 3.8) is 0 Å². The third kappa shape index (κ3) is 4.24. The van der Waals surface area contributed by atoms with Gasteiger partial charge >= 0.3 is 5.97 Å². The molecule has 0 aliphatic rings. The molecule has 0 radical (unpaired) electrons. The molecule has 6 heteroatoms. The molecule has 0 saturated carbocycles. The third-order valence-electron chi connectivity index (χ3n) is 2.68. The molecular formula is C13H18O5S. The number of hydrogen-bond acceptors (Lipinski definition) is 5. The lowest BCUT2D eigenvalue weighted by Crippen LogP contribution is -2.30. The molecule has 0 heterocycles. The molecule has 1 atom stereocenters. The molecule has 0 aromatic heterocycles. The molecular weight excluding hydrogens is 268 g/mol. The average Bonchev–Trinajstić information content (AvgIpc) is 2.38. The second kappa shape index (κ2) is 6.56. The first kappa shape index (κ1) is 15.5. The maximum atomic E-state index is 12.0. The van der Waals surface area contributed by atoms with Crippen LogP contribution in [0.25, 0.3) is 0 Å². The summed E-state index contributed by atoms with van der Waals surface area (Å²) >= 11 is 0. The first-order valence-electron chi connectivity index (χ1n) is 5.92. The Hall–Kier alpha value is -1.56. The molecule has 106 valence electrons. The van der Waals surface area contributed by atoms with Crippen molar-refractivity contribution in [3.8, 4) is 5.75 Å². The Labute approximate surface area is 113 Å². The van der Waals surface area contributed by atoms with Gasteiger partial charge in [-0.2, -0.15) is 0 Å². The number of rotatable bonds is 6. The molecule has 19 heavy (non-hydrogen) atoms. The summed E-state index contributed by atoms with van der Waals surface area (Å²) in [5.74, 6) is -0.257. The van der Waals surface area contributed by atoms with Gasteiger partial charge in [-0.1, -0.05) is 12.1 Å². The zero-order valence-corrected chi connectivity index (χ0v) is 12.1. The van der Waals surface area contributed by atoms with Crippen LogP contribution >= 0.6 is 0 Å². The molecule has 1 unspecified atom stereocenters. The zero-order chi connectivity index (χ0) is 14.5. The van der Waals surface area contributed by atoms with Crippen LogP contribution < -0.4 is 4.74 Å². The number of carbonyl (C=O) groups is 1. The van der Waals surface area contributed by atoms with Gasteiger partial charge in [0.05, 0.1) is 19.5 Å². The Morgan fingerprint density at radius 1 is 1.26 bits per heavy atom. The lowest BCUT2D eigenvalue weighted by Gasteiger charge is -2.12. The fraction of sp³-hybridized carbons (Fsp3) is 0.462. The molecule has 0 spiro atoms. The van der Waals surface area contributed by atoms with Crippen molar-refractivity contribution in [2.24, 2.45) is 0 Å². The van der Waals surface area contributed by atoms with Crippen molar-refractivity contribution in [1.29, 1.82) is 0 Å². The number of esters is 1. The summed E-state index contributed by atoms with van der Waals surface area (Å²) in [7, 11) is -2.03. The van der Waals surface area contributed by atoms with Crippen LogP contribution in [0.5, 0.6) is 5.75 Å². The van der Waals surface area contributed by atoms with Crippen molar-refractivity contribution in [3.05, 3.63) is 29.8 Å². The molecule has 0 fully saturated rings. The fourth-order valence-electron chi connectivity index (χ4n) is 1.49. The van der Waals surface area contributed by atoms with Gasteiger partial charge in [0.25, 0.3) is 0 Å². The van der Waals surface area contributed by atoms with Gasteiger partial charge in [-0.25, -0.2) is 8.42 Å². The smallest absolute Gasteiger partial charge is 0.324 e. The summed E-state index contributed by atoms with van der Waals surface area (Å²) in [6.45, 7) is 3.15. The molecule has 0 saturated heterocycles. The molecule has 1 aromatic carbocycles. The number of ether oxygens (including phenoxy) is 2. The number of carbonyl (C=O) groups excluding carboxylic acids is 1. The molecule has 0 N–H and O–H groups in total. The van der Waals surface area contributed by atoms with E-state index in [2.05, 4.69) is 0 Å². The van der Waals surface area contributed by atoms with Crippen molar-refractivity contribution >= 4 is 15.8 Å². The van der Waals surface area contributed by atoms with Crippen molar-refractivity contribution < 1.29 is 22.7 Å². The number of methoxy groups -OCH3 is 1. The Morgan fingerprint density at radius 2 is 1.84 bits per heavy atom. The predicted molar refractivity (Wildman–Crippen MR) is 71.7 cm³/mol. The maximum Gasteiger partial charge on any atom is 0.324 e. The maximum absolute atomic E-state index is 12.0. The standard InChI is InChI=1S/C13H18O5S/c1-4-18-13(14)10(2)19(15,16)9-11-5-7-12(17-3)8-6-11/h5-8,10H,4,9H2,1-3H3. The summed E-state index contributed by atoms with van der Waals surface area (Å²) in [5.41, 5.74) is 0.608. The molecule has 5 nitrogen and oxygen atoms in total. The minimum atomic E-state index is -3.57. The van der Waals surface area contributed by atoms with E-state index >= 15 is 0 Å². The van der Waals surface area contributed by atoms with E-state index < -0.39 is 21.1 Å². The van der Waals surface area contributed by atoms with Crippen molar-refractivity contribution in [1.82, 2.24) is 0 Å². The Bertz CT molecular complexity index is 518. The van der Waals surface area contributed by atoms with Crippen molar-refractivity contribution in [2.45, 2.75) is 24.9 Å². The van der Waals surface area contributed by atoms with E-state index in [1.165, 1.54) is 14.0 Å². The molecule has 0 amide bonds. The van der Waals surface area contributed by atoms with Crippen LogP contribution in [0, 0.1) is 0 Å². The summed E-state index contributed by atoms with van der Waals surface area (Å²) < 4.78 is 33.8. The second-order valence-electron chi connectivity index (χ2n) is 4.05. The third-order valence-corrected chi connectivity index (χ3v) is 4.69. The number of sulfone groups is 1. The largest absolute Gasteiger partial charge is 0.497 e. The fourth-order valence-corrected chi connectivity index (χ4v) is 2.75. The Morgan fingerprint density at radius 3 is 2.32 bits per heavy atom. The van der Waals surface area contributed by atoms with E-state index in [0.29, 0.717) is 11.3 Å². The van der Waals surface area contributed by atoms with Gasteiger partial charge in [0.1, 0.15) is 5.75 Å². The summed E-state index contributed by atoms with van der Waals surface area (Å²) in [5, 5.41) is -1.16. The van der Waals surface area contributed by atoms with Crippen LogP contribution in [0.1, 0.15) is 19.4 Å². The van der Waals surface area contributed by atoms with Gasteiger partial charge in [-0.3, -0.25) is 4.79 Å². The average molecular weight is 286 g/mol. The lowest BCUT2D eigenvalue weighted by molar-refractivity contribution is -0.142. The molecule has 1 rings (SSSR count). The highest BCUT2D eigenvalue weighted by Gasteiger charge is 2.29. The minimum Gasteiger partial charge on any atom is -0.497 e. The van der Waals surface area contributed by atoms with E-state index in [1.54, 1.807) is 31.2 Å². The van der Waals surface area contributed by atoms with Crippen molar-refractivity contribution in [2.75, 3.05) is 13.7 Å². The first-order valence-corrected chi connectivity index (χ1v) is 7.63. The SMILES string of the molecule is CCOC(=O)C(C)S(=O)(=O)Cc1ccc(OC)cc1. The number of benzene rings is 1.